The number of alkyl halides is 3. The average Bonchev–Trinajstić information content (AvgIpc) is 2.82. The molecule has 2 aromatic carbocycles. The first-order valence-corrected chi connectivity index (χ1v) is 12.7. The molecule has 0 saturated heterocycles. The fourth-order valence-electron chi connectivity index (χ4n) is 3.66. The van der Waals surface area contributed by atoms with Gasteiger partial charge in [0.25, 0.3) is 0 Å². The first-order valence-electron chi connectivity index (χ1n) is 11.0. The van der Waals surface area contributed by atoms with E-state index in [9.17, 15) is 18.0 Å². The smallest absolute Gasteiger partial charge is 0.419 e. The standard InChI is InChI=1S/C26H22F3N3O2S2/c1-16(35-21-11-12-31-19-10-6-5-9-18(19)21)13-20-24(26(27,28)29)22(14-23(30)32-20)36-25(33)34-15-17-7-3-2-4-8-17/h2-12,14,16H,13,15H2,1H3,(H2,30,32). The Morgan fingerprint density at radius 2 is 1.78 bits per heavy atom. The van der Waals surface area contributed by atoms with E-state index in [0.717, 1.165) is 27.4 Å². The lowest BCUT2D eigenvalue weighted by molar-refractivity contribution is -0.140. The van der Waals surface area contributed by atoms with Gasteiger partial charge < -0.3 is 10.5 Å². The van der Waals surface area contributed by atoms with Crippen molar-refractivity contribution in [3.8, 4) is 0 Å². The summed E-state index contributed by atoms with van der Waals surface area (Å²) in [5.41, 5.74) is 6.21. The Morgan fingerprint density at radius 3 is 2.53 bits per heavy atom. The molecule has 5 nitrogen and oxygen atoms in total. The molecule has 0 aliphatic heterocycles. The van der Waals surface area contributed by atoms with Gasteiger partial charge in [-0.3, -0.25) is 4.98 Å². The molecule has 2 N–H and O–H groups in total. The van der Waals surface area contributed by atoms with Gasteiger partial charge in [-0.1, -0.05) is 55.5 Å². The monoisotopic (exact) mass is 529 g/mol. The third kappa shape index (κ3) is 6.50. The number of para-hydroxylation sites is 1. The summed E-state index contributed by atoms with van der Waals surface area (Å²) >= 11 is 1.79. The van der Waals surface area contributed by atoms with Crippen molar-refractivity contribution in [2.75, 3.05) is 5.73 Å². The van der Waals surface area contributed by atoms with Crippen LogP contribution in [-0.4, -0.2) is 20.5 Å². The Labute approximate surface area is 214 Å². The summed E-state index contributed by atoms with van der Waals surface area (Å²) < 4.78 is 47.7. The first kappa shape index (κ1) is 25.8. The summed E-state index contributed by atoms with van der Waals surface area (Å²) in [5, 5.41) is -0.202. The van der Waals surface area contributed by atoms with Gasteiger partial charge in [-0.2, -0.15) is 13.2 Å². The molecule has 2 heterocycles. The summed E-state index contributed by atoms with van der Waals surface area (Å²) in [6.45, 7) is 1.78. The van der Waals surface area contributed by atoms with Crippen LogP contribution in [0, 0.1) is 0 Å². The van der Waals surface area contributed by atoms with E-state index in [1.54, 1.807) is 30.5 Å². The van der Waals surface area contributed by atoms with Crippen LogP contribution in [0.1, 0.15) is 23.7 Å². The van der Waals surface area contributed by atoms with Crippen molar-refractivity contribution in [2.45, 2.75) is 41.2 Å². The molecule has 2 aromatic heterocycles. The first-order chi connectivity index (χ1) is 17.2. The highest BCUT2D eigenvalue weighted by molar-refractivity contribution is 8.13. The highest BCUT2D eigenvalue weighted by atomic mass is 32.2. The van der Waals surface area contributed by atoms with Gasteiger partial charge in [0, 0.05) is 33.0 Å². The molecule has 1 unspecified atom stereocenters. The van der Waals surface area contributed by atoms with Crippen LogP contribution in [0.3, 0.4) is 0 Å². The maximum Gasteiger partial charge on any atom is 0.419 e. The number of carbonyl (C=O) groups excluding carboxylic acids is 1. The van der Waals surface area contributed by atoms with Crippen LogP contribution in [0.15, 0.2) is 82.7 Å². The van der Waals surface area contributed by atoms with E-state index in [2.05, 4.69) is 9.97 Å². The van der Waals surface area contributed by atoms with Crippen LogP contribution >= 0.6 is 23.5 Å². The highest BCUT2D eigenvalue weighted by Gasteiger charge is 2.38. The number of ether oxygens (including phenoxy) is 1. The van der Waals surface area contributed by atoms with E-state index >= 15 is 0 Å². The van der Waals surface area contributed by atoms with E-state index in [4.69, 9.17) is 10.5 Å². The van der Waals surface area contributed by atoms with Crippen LogP contribution in [0.4, 0.5) is 23.8 Å². The molecule has 0 radical (unpaired) electrons. The molecular formula is C26H22F3N3O2S2. The Kier molecular flexibility index (Phi) is 8.05. The molecule has 4 aromatic rings. The minimum Gasteiger partial charge on any atom is -0.452 e. The van der Waals surface area contributed by atoms with Gasteiger partial charge in [-0.05, 0) is 35.5 Å². The number of hydrogen-bond donors (Lipinski definition) is 1. The van der Waals surface area contributed by atoms with E-state index in [1.807, 2.05) is 43.3 Å². The predicted octanol–water partition coefficient (Wildman–Crippen LogP) is 7.38. The number of anilines is 1. The van der Waals surface area contributed by atoms with Crippen LogP contribution in [-0.2, 0) is 23.9 Å². The van der Waals surface area contributed by atoms with Crippen LogP contribution in [0.25, 0.3) is 10.9 Å². The Bertz CT molecular complexity index is 1360. The third-order valence-corrected chi connectivity index (χ3v) is 7.18. The minimum atomic E-state index is -4.73. The van der Waals surface area contributed by atoms with Crippen LogP contribution in [0.2, 0.25) is 0 Å². The zero-order valence-electron chi connectivity index (χ0n) is 19.2. The number of fused-ring (bicyclic) bond motifs is 1. The van der Waals surface area contributed by atoms with Crippen molar-refractivity contribution in [2.24, 2.45) is 0 Å². The maximum atomic E-state index is 14.2. The number of hydrogen-bond acceptors (Lipinski definition) is 7. The second kappa shape index (κ2) is 11.2. The van der Waals surface area contributed by atoms with Gasteiger partial charge in [-0.15, -0.1) is 11.8 Å². The molecule has 10 heteroatoms. The number of thioether (sulfide) groups is 2. The fourth-order valence-corrected chi connectivity index (χ4v) is 5.59. The Hall–Kier alpha value is -3.24. The summed E-state index contributed by atoms with van der Waals surface area (Å²) in [6.07, 6.45) is -3.06. The highest BCUT2D eigenvalue weighted by Crippen LogP contribution is 2.41. The largest absolute Gasteiger partial charge is 0.452 e. The molecule has 4 rings (SSSR count). The number of benzene rings is 2. The summed E-state index contributed by atoms with van der Waals surface area (Å²) in [5.74, 6) is -0.0945. The minimum absolute atomic E-state index is 0.00613. The maximum absolute atomic E-state index is 14.2. The Balaban J connectivity index is 1.55. The van der Waals surface area contributed by atoms with Crippen LogP contribution in [0.5, 0.6) is 0 Å². The molecule has 0 saturated carbocycles. The van der Waals surface area contributed by atoms with Crippen molar-refractivity contribution in [3.05, 3.63) is 89.7 Å². The van der Waals surface area contributed by atoms with Gasteiger partial charge in [-0.25, -0.2) is 9.78 Å². The molecule has 0 aliphatic carbocycles. The number of pyridine rings is 2. The van der Waals surface area contributed by atoms with Crippen molar-refractivity contribution >= 4 is 45.5 Å². The van der Waals surface area contributed by atoms with Gasteiger partial charge in [0.2, 0.25) is 0 Å². The summed E-state index contributed by atoms with van der Waals surface area (Å²) in [7, 11) is 0. The van der Waals surface area contributed by atoms with Crippen LogP contribution < -0.4 is 5.73 Å². The fraction of sp³-hybridized carbons (Fsp3) is 0.192. The summed E-state index contributed by atoms with van der Waals surface area (Å²) in [4.78, 5) is 21.3. The second-order valence-electron chi connectivity index (χ2n) is 7.95. The van der Waals surface area contributed by atoms with E-state index < -0.39 is 17.0 Å². The van der Waals surface area contributed by atoms with E-state index in [-0.39, 0.29) is 34.7 Å². The van der Waals surface area contributed by atoms with E-state index in [1.165, 1.54) is 11.8 Å². The zero-order valence-corrected chi connectivity index (χ0v) is 20.8. The van der Waals surface area contributed by atoms with Gasteiger partial charge in [0.15, 0.2) is 0 Å². The average molecular weight is 530 g/mol. The molecular weight excluding hydrogens is 507 g/mol. The number of rotatable bonds is 7. The van der Waals surface area contributed by atoms with Gasteiger partial charge in [0.05, 0.1) is 16.8 Å². The number of carbonyl (C=O) groups is 1. The second-order valence-corrected chi connectivity index (χ2v) is 10.4. The van der Waals surface area contributed by atoms with Crippen molar-refractivity contribution < 1.29 is 22.7 Å². The lowest BCUT2D eigenvalue weighted by Crippen LogP contribution is -2.17. The number of aromatic nitrogens is 2. The van der Waals surface area contributed by atoms with Gasteiger partial charge >= 0.3 is 11.5 Å². The number of nitrogens with zero attached hydrogens (tertiary/aromatic N) is 2. The molecule has 0 aliphatic rings. The SMILES string of the molecule is CC(Cc1nc(N)cc(SC(=O)OCc2ccccc2)c1C(F)(F)F)Sc1ccnc2ccccc12. The van der Waals surface area contributed by atoms with Crippen molar-refractivity contribution in [1.29, 1.82) is 0 Å². The molecule has 0 fully saturated rings. The van der Waals surface area contributed by atoms with Gasteiger partial charge in [0.1, 0.15) is 12.4 Å². The molecule has 186 valence electrons. The lowest BCUT2D eigenvalue weighted by atomic mass is 10.1. The molecule has 1 atom stereocenters. The predicted molar refractivity (Wildman–Crippen MR) is 137 cm³/mol. The Morgan fingerprint density at radius 1 is 1.06 bits per heavy atom. The normalized spacial score (nSPS) is 12.4. The van der Waals surface area contributed by atoms with Crippen molar-refractivity contribution in [1.82, 2.24) is 9.97 Å². The number of halogens is 3. The van der Waals surface area contributed by atoms with E-state index in [0.29, 0.717) is 11.8 Å². The lowest BCUT2D eigenvalue weighted by Gasteiger charge is -2.19. The number of nitrogens with two attached hydrogens (primary N) is 1. The molecule has 36 heavy (non-hydrogen) atoms. The topological polar surface area (TPSA) is 78.1 Å². The quantitative estimate of drug-likeness (QED) is 0.198. The molecule has 0 amide bonds. The molecule has 0 spiro atoms. The molecule has 0 bridgehead atoms. The zero-order chi connectivity index (χ0) is 25.7. The van der Waals surface area contributed by atoms with Crippen molar-refractivity contribution in [3.63, 3.8) is 0 Å². The third-order valence-electron chi connectivity index (χ3n) is 5.17. The summed E-state index contributed by atoms with van der Waals surface area (Å²) in [6, 6.07) is 19.4. The number of nitrogen functional groups attached to an aromatic ring is 1.